The van der Waals surface area contributed by atoms with E-state index in [-0.39, 0.29) is 5.75 Å². The summed E-state index contributed by atoms with van der Waals surface area (Å²) < 4.78 is 13.7. The van der Waals surface area contributed by atoms with Gasteiger partial charge >= 0.3 is 0 Å². The van der Waals surface area contributed by atoms with Crippen molar-refractivity contribution in [3.63, 3.8) is 0 Å². The van der Waals surface area contributed by atoms with E-state index in [9.17, 15) is 5.11 Å². The topological polar surface area (TPSA) is 54.0 Å². The molecule has 2 aromatic rings. The number of benzene rings is 2. The summed E-state index contributed by atoms with van der Waals surface area (Å²) in [5.41, 5.74) is 1.82. The SMILES string of the molecule is CN1CCCC1.COc1cc(C)c(SNc2ccc(Cl)c(O)c2)cc1OC. The van der Waals surface area contributed by atoms with Gasteiger partial charge in [0, 0.05) is 16.6 Å². The molecule has 0 amide bonds. The standard InChI is InChI=1S/C15H16ClNO3S.C5H11N/c1-9-6-13(19-2)14(20-3)8-15(9)21-17-10-4-5-11(16)12(18)7-10;1-6-4-2-3-5-6/h4-8,17-18H,1-3H3;2-5H2,1H3. The molecule has 0 aliphatic carbocycles. The van der Waals surface area contributed by atoms with Gasteiger partial charge in [0.2, 0.25) is 0 Å². The van der Waals surface area contributed by atoms with Gasteiger partial charge in [-0.15, -0.1) is 0 Å². The third-order valence-corrected chi connectivity index (χ3v) is 5.55. The Morgan fingerprint density at radius 2 is 1.70 bits per heavy atom. The lowest BCUT2D eigenvalue weighted by molar-refractivity contribution is 0.353. The van der Waals surface area contributed by atoms with Crippen LogP contribution in [0.25, 0.3) is 0 Å². The van der Waals surface area contributed by atoms with Crippen molar-refractivity contribution in [2.45, 2.75) is 24.7 Å². The molecule has 0 saturated carbocycles. The molecule has 5 nitrogen and oxygen atoms in total. The highest BCUT2D eigenvalue weighted by atomic mass is 35.5. The minimum atomic E-state index is 0.0475. The molecule has 1 heterocycles. The largest absolute Gasteiger partial charge is 0.506 e. The van der Waals surface area contributed by atoms with Crippen LogP contribution in [0.4, 0.5) is 5.69 Å². The maximum Gasteiger partial charge on any atom is 0.161 e. The molecule has 148 valence electrons. The van der Waals surface area contributed by atoms with Crippen molar-refractivity contribution < 1.29 is 14.6 Å². The molecule has 0 atom stereocenters. The number of ether oxygens (including phenoxy) is 2. The fourth-order valence-corrected chi connectivity index (χ4v) is 3.50. The van der Waals surface area contributed by atoms with Crippen LogP contribution in [-0.2, 0) is 0 Å². The molecule has 2 N–H and O–H groups in total. The number of nitrogens with one attached hydrogen (secondary N) is 1. The van der Waals surface area contributed by atoms with Crippen molar-refractivity contribution in [1.82, 2.24) is 4.90 Å². The molecule has 0 spiro atoms. The number of nitrogens with zero attached hydrogens (tertiary/aromatic N) is 1. The van der Waals surface area contributed by atoms with E-state index in [1.165, 1.54) is 37.9 Å². The van der Waals surface area contributed by atoms with E-state index in [1.54, 1.807) is 32.4 Å². The lowest BCUT2D eigenvalue weighted by atomic mass is 10.2. The lowest BCUT2D eigenvalue weighted by Gasteiger charge is -2.13. The average molecular weight is 411 g/mol. The van der Waals surface area contributed by atoms with E-state index < -0.39 is 0 Å². The highest BCUT2D eigenvalue weighted by molar-refractivity contribution is 8.00. The number of methoxy groups -OCH3 is 2. The van der Waals surface area contributed by atoms with E-state index in [4.69, 9.17) is 21.1 Å². The first kappa shape index (κ1) is 21.5. The number of likely N-dealkylation sites (tertiary alicyclic amines) is 1. The number of hydrogen-bond acceptors (Lipinski definition) is 6. The van der Waals surface area contributed by atoms with E-state index in [1.807, 2.05) is 19.1 Å². The molecule has 0 bridgehead atoms. The van der Waals surface area contributed by atoms with Gasteiger partial charge in [-0.25, -0.2) is 0 Å². The normalized spacial score (nSPS) is 13.7. The molecule has 7 heteroatoms. The molecule has 1 aliphatic rings. The summed E-state index contributed by atoms with van der Waals surface area (Å²) >= 11 is 7.20. The quantitative estimate of drug-likeness (QED) is 0.660. The number of aromatic hydroxyl groups is 1. The van der Waals surface area contributed by atoms with Crippen molar-refractivity contribution >= 4 is 29.2 Å². The second-order valence-corrected chi connectivity index (χ2v) is 7.61. The molecular formula is C20H27ClN2O3S. The Hall–Kier alpha value is -1.76. The molecule has 0 aromatic heterocycles. The van der Waals surface area contributed by atoms with Crippen LogP contribution in [0.1, 0.15) is 18.4 Å². The number of phenolic OH excluding ortho intramolecular Hbond substituents is 1. The monoisotopic (exact) mass is 410 g/mol. The summed E-state index contributed by atoms with van der Waals surface area (Å²) in [4.78, 5) is 3.36. The van der Waals surface area contributed by atoms with Gasteiger partial charge < -0.3 is 24.2 Å². The highest BCUT2D eigenvalue weighted by Gasteiger charge is 2.09. The van der Waals surface area contributed by atoms with Crippen LogP contribution in [0.15, 0.2) is 35.2 Å². The van der Waals surface area contributed by atoms with Crippen molar-refractivity contribution in [1.29, 1.82) is 0 Å². The van der Waals surface area contributed by atoms with Gasteiger partial charge in [0.1, 0.15) is 5.75 Å². The van der Waals surface area contributed by atoms with Gasteiger partial charge in [-0.1, -0.05) is 11.6 Å². The van der Waals surface area contributed by atoms with Crippen LogP contribution < -0.4 is 14.2 Å². The van der Waals surface area contributed by atoms with Crippen molar-refractivity contribution in [2.24, 2.45) is 0 Å². The molecule has 27 heavy (non-hydrogen) atoms. The molecule has 0 radical (unpaired) electrons. The van der Waals surface area contributed by atoms with Crippen LogP contribution in [-0.4, -0.2) is 44.4 Å². The van der Waals surface area contributed by atoms with Crippen molar-refractivity contribution in [2.75, 3.05) is 39.1 Å². The molecule has 3 rings (SSSR count). The smallest absolute Gasteiger partial charge is 0.161 e. The van der Waals surface area contributed by atoms with E-state index in [0.717, 1.165) is 16.1 Å². The summed E-state index contributed by atoms with van der Waals surface area (Å²) in [6.07, 6.45) is 2.83. The van der Waals surface area contributed by atoms with E-state index >= 15 is 0 Å². The maximum atomic E-state index is 9.58. The Balaban J connectivity index is 0.000000369. The zero-order valence-electron chi connectivity index (χ0n) is 16.2. The Bertz CT molecular complexity index is 752. The Labute approximate surface area is 170 Å². The van der Waals surface area contributed by atoms with Crippen LogP contribution in [0, 0.1) is 6.92 Å². The molecule has 1 saturated heterocycles. The summed E-state index contributed by atoms with van der Waals surface area (Å²) in [6.45, 7) is 4.63. The number of rotatable bonds is 5. The predicted molar refractivity (Wildman–Crippen MR) is 114 cm³/mol. The Kier molecular flexibility index (Phi) is 8.41. The molecule has 0 unspecified atom stereocenters. The molecule has 2 aromatic carbocycles. The van der Waals surface area contributed by atoms with Gasteiger partial charge in [0.05, 0.1) is 19.2 Å². The first-order chi connectivity index (χ1) is 12.9. The first-order valence-electron chi connectivity index (χ1n) is 8.77. The summed E-state index contributed by atoms with van der Waals surface area (Å²) in [6, 6.07) is 8.83. The number of hydrogen-bond donors (Lipinski definition) is 2. The Morgan fingerprint density at radius 1 is 1.07 bits per heavy atom. The van der Waals surface area contributed by atoms with Crippen LogP contribution in [0.2, 0.25) is 5.02 Å². The zero-order chi connectivity index (χ0) is 19.8. The summed E-state index contributed by atoms with van der Waals surface area (Å²) in [7, 11) is 5.39. The van der Waals surface area contributed by atoms with Crippen LogP contribution in [0.3, 0.4) is 0 Å². The molecule has 1 aliphatic heterocycles. The van der Waals surface area contributed by atoms with Crippen LogP contribution in [0.5, 0.6) is 17.2 Å². The third-order valence-electron chi connectivity index (χ3n) is 4.24. The lowest BCUT2D eigenvalue weighted by Crippen LogP contribution is -2.10. The molecule has 1 fully saturated rings. The predicted octanol–water partition coefficient (Wildman–Crippen LogP) is 5.20. The Morgan fingerprint density at radius 3 is 2.22 bits per heavy atom. The second kappa shape index (κ2) is 10.5. The van der Waals surface area contributed by atoms with Gasteiger partial charge in [-0.3, -0.25) is 0 Å². The fourth-order valence-electron chi connectivity index (χ4n) is 2.64. The average Bonchev–Trinajstić information content (AvgIpc) is 3.14. The molecular weight excluding hydrogens is 384 g/mol. The number of aryl methyl sites for hydroxylation is 1. The van der Waals surface area contributed by atoms with Gasteiger partial charge in [0.25, 0.3) is 0 Å². The zero-order valence-corrected chi connectivity index (χ0v) is 17.8. The van der Waals surface area contributed by atoms with Crippen molar-refractivity contribution in [3.8, 4) is 17.2 Å². The minimum Gasteiger partial charge on any atom is -0.506 e. The van der Waals surface area contributed by atoms with Crippen LogP contribution >= 0.6 is 23.5 Å². The van der Waals surface area contributed by atoms with E-state index in [2.05, 4.69) is 16.7 Å². The van der Waals surface area contributed by atoms with E-state index in [0.29, 0.717) is 16.5 Å². The van der Waals surface area contributed by atoms with Gasteiger partial charge in [-0.05, 0) is 81.7 Å². The second-order valence-electron chi connectivity index (χ2n) is 6.35. The number of halogens is 1. The minimum absolute atomic E-state index is 0.0475. The van der Waals surface area contributed by atoms with Crippen molar-refractivity contribution in [3.05, 3.63) is 40.9 Å². The van der Waals surface area contributed by atoms with Gasteiger partial charge in [0.15, 0.2) is 11.5 Å². The third kappa shape index (κ3) is 6.41. The highest BCUT2D eigenvalue weighted by Crippen LogP contribution is 2.36. The number of anilines is 1. The number of phenols is 1. The first-order valence-corrected chi connectivity index (χ1v) is 9.96. The fraction of sp³-hybridized carbons (Fsp3) is 0.400. The van der Waals surface area contributed by atoms with Gasteiger partial charge in [-0.2, -0.15) is 0 Å². The summed E-state index contributed by atoms with van der Waals surface area (Å²) in [5, 5.41) is 9.91. The maximum absolute atomic E-state index is 9.58. The summed E-state index contributed by atoms with van der Waals surface area (Å²) in [5.74, 6) is 1.42.